The van der Waals surface area contributed by atoms with Gasteiger partial charge < -0.3 is 9.67 Å². The topological polar surface area (TPSA) is 42.2 Å². The van der Waals surface area contributed by atoms with Crippen molar-refractivity contribution in [2.45, 2.75) is 13.5 Å². The van der Waals surface area contributed by atoms with Crippen LogP contribution in [0.3, 0.4) is 0 Å². The van der Waals surface area contributed by atoms with Crippen molar-refractivity contribution in [3.63, 3.8) is 0 Å². The highest BCUT2D eigenvalue weighted by atomic mass is 127. The Bertz CT molecular complexity index is 607. The molecule has 0 radical (unpaired) electrons. The molecule has 0 atom stereocenters. The van der Waals surface area contributed by atoms with Gasteiger partial charge in [-0.05, 0) is 59.8 Å². The van der Waals surface area contributed by atoms with E-state index in [0.717, 1.165) is 19.3 Å². The van der Waals surface area contributed by atoms with Gasteiger partial charge in [-0.25, -0.2) is 4.79 Å². The van der Waals surface area contributed by atoms with Gasteiger partial charge in [0.05, 0.1) is 0 Å². The number of rotatable bonds is 3. The summed E-state index contributed by atoms with van der Waals surface area (Å²) in [6.45, 7) is 2.58. The molecule has 0 fully saturated rings. The molecule has 0 spiro atoms. The summed E-state index contributed by atoms with van der Waals surface area (Å²) in [5, 5.41) is 9.15. The molecule has 18 heavy (non-hydrogen) atoms. The van der Waals surface area contributed by atoms with Gasteiger partial charge in [-0.15, -0.1) is 0 Å². The van der Waals surface area contributed by atoms with Crippen LogP contribution >= 0.6 is 38.5 Å². The van der Waals surface area contributed by atoms with E-state index in [-0.39, 0.29) is 0 Å². The molecule has 0 saturated carbocycles. The molecule has 3 nitrogen and oxygen atoms in total. The minimum Gasteiger partial charge on any atom is -0.477 e. The van der Waals surface area contributed by atoms with Gasteiger partial charge in [0, 0.05) is 25.8 Å². The Morgan fingerprint density at radius 1 is 1.39 bits per heavy atom. The zero-order valence-corrected chi connectivity index (χ0v) is 13.4. The average Bonchev–Trinajstić information content (AvgIpc) is 2.75. The summed E-state index contributed by atoms with van der Waals surface area (Å²) >= 11 is 5.71. The first-order valence-corrected chi connectivity index (χ1v) is 7.30. The third-order valence-electron chi connectivity index (χ3n) is 2.72. The van der Waals surface area contributed by atoms with Gasteiger partial charge in [0.2, 0.25) is 0 Å². The Morgan fingerprint density at radius 3 is 2.72 bits per heavy atom. The van der Waals surface area contributed by atoms with Crippen molar-refractivity contribution in [3.8, 4) is 11.3 Å². The summed E-state index contributed by atoms with van der Waals surface area (Å²) < 4.78 is 3.89. The fourth-order valence-corrected chi connectivity index (χ4v) is 2.90. The summed E-state index contributed by atoms with van der Waals surface area (Å²) in [5.41, 5.74) is 2.29. The van der Waals surface area contributed by atoms with E-state index in [0.29, 0.717) is 12.2 Å². The average molecular weight is 420 g/mol. The number of carbonyl (C=O) groups is 1. The first-order valence-electron chi connectivity index (χ1n) is 5.42. The maximum atomic E-state index is 11.1. The smallest absolute Gasteiger partial charge is 0.352 e. The molecule has 0 aliphatic carbocycles. The molecule has 1 heterocycles. The van der Waals surface area contributed by atoms with E-state index >= 15 is 0 Å². The molecular formula is C13H11BrINO2. The van der Waals surface area contributed by atoms with Crippen molar-refractivity contribution in [2.24, 2.45) is 0 Å². The van der Waals surface area contributed by atoms with E-state index in [9.17, 15) is 4.79 Å². The molecular weight excluding hydrogens is 409 g/mol. The highest BCUT2D eigenvalue weighted by Crippen LogP contribution is 2.30. The summed E-state index contributed by atoms with van der Waals surface area (Å²) in [6, 6.07) is 9.50. The van der Waals surface area contributed by atoms with Gasteiger partial charge in [0.15, 0.2) is 0 Å². The third kappa shape index (κ3) is 2.47. The fourth-order valence-electron chi connectivity index (χ4n) is 1.92. The molecule has 2 aromatic rings. The van der Waals surface area contributed by atoms with Crippen LogP contribution in [0.2, 0.25) is 0 Å². The van der Waals surface area contributed by atoms with E-state index < -0.39 is 5.97 Å². The van der Waals surface area contributed by atoms with E-state index in [1.54, 1.807) is 6.07 Å². The molecule has 5 heteroatoms. The molecule has 0 aliphatic rings. The quantitative estimate of drug-likeness (QED) is 0.756. The van der Waals surface area contributed by atoms with Gasteiger partial charge >= 0.3 is 5.97 Å². The Kier molecular flexibility index (Phi) is 4.11. The normalized spacial score (nSPS) is 10.6. The lowest BCUT2D eigenvalue weighted by atomic mass is 10.1. The summed E-state index contributed by atoms with van der Waals surface area (Å²) in [6.07, 6.45) is 0. The molecule has 0 amide bonds. The Hall–Kier alpha value is -0.820. The van der Waals surface area contributed by atoms with Crippen LogP contribution in [0.25, 0.3) is 11.3 Å². The summed E-state index contributed by atoms with van der Waals surface area (Å²) in [4.78, 5) is 11.1. The third-order valence-corrected chi connectivity index (χ3v) is 4.15. The van der Waals surface area contributed by atoms with Crippen molar-refractivity contribution in [3.05, 3.63) is 44.1 Å². The van der Waals surface area contributed by atoms with Crippen LogP contribution in [0.5, 0.6) is 0 Å². The van der Waals surface area contributed by atoms with Crippen LogP contribution in [-0.4, -0.2) is 15.6 Å². The van der Waals surface area contributed by atoms with Crippen molar-refractivity contribution >= 4 is 44.5 Å². The van der Waals surface area contributed by atoms with E-state index in [1.165, 1.54) is 0 Å². The second-order valence-electron chi connectivity index (χ2n) is 3.78. The molecule has 0 saturated heterocycles. The number of aromatic nitrogens is 1. The Balaban J connectivity index is 2.64. The number of hydrogen-bond donors (Lipinski definition) is 1. The van der Waals surface area contributed by atoms with Crippen LogP contribution in [-0.2, 0) is 6.54 Å². The van der Waals surface area contributed by atoms with Crippen LogP contribution in [0.1, 0.15) is 17.4 Å². The number of nitrogens with zero attached hydrogens (tertiary/aromatic N) is 1. The highest BCUT2D eigenvalue weighted by molar-refractivity contribution is 14.1. The predicted molar refractivity (Wildman–Crippen MR) is 82.9 cm³/mol. The number of aromatic carboxylic acids is 1. The minimum absolute atomic E-state index is 0.322. The zero-order chi connectivity index (χ0) is 13.3. The van der Waals surface area contributed by atoms with Gasteiger partial charge in [0.1, 0.15) is 5.69 Å². The molecule has 2 rings (SSSR count). The van der Waals surface area contributed by atoms with Crippen LogP contribution in [0.4, 0.5) is 0 Å². The monoisotopic (exact) mass is 419 g/mol. The molecule has 94 valence electrons. The molecule has 1 N–H and O–H groups in total. The number of carboxylic acids is 1. The molecule has 1 aromatic carbocycles. The van der Waals surface area contributed by atoms with Gasteiger partial charge in [-0.3, -0.25) is 0 Å². The first-order chi connectivity index (χ1) is 8.54. The lowest BCUT2D eigenvalue weighted by Crippen LogP contribution is -2.08. The first kappa shape index (κ1) is 13.6. The molecule has 1 aromatic heterocycles. The Labute approximate surface area is 127 Å². The van der Waals surface area contributed by atoms with Crippen LogP contribution in [0.15, 0.2) is 34.8 Å². The highest BCUT2D eigenvalue weighted by Gasteiger charge is 2.15. The van der Waals surface area contributed by atoms with Crippen molar-refractivity contribution in [1.29, 1.82) is 0 Å². The van der Waals surface area contributed by atoms with Gasteiger partial charge in [0.25, 0.3) is 0 Å². The van der Waals surface area contributed by atoms with Crippen molar-refractivity contribution in [2.75, 3.05) is 0 Å². The Morgan fingerprint density at radius 2 is 2.11 bits per heavy atom. The summed E-state index contributed by atoms with van der Waals surface area (Å²) in [7, 11) is 0. The largest absolute Gasteiger partial charge is 0.477 e. The standard InChI is InChI=1S/C13H11BrINO2/c1-2-16-11(5-6-12(16)13(17)18)9-7-8(14)3-4-10(9)15/h3-7H,2H2,1H3,(H,17,18). The molecule has 0 bridgehead atoms. The van der Waals surface area contributed by atoms with Crippen LogP contribution in [0, 0.1) is 3.57 Å². The summed E-state index contributed by atoms with van der Waals surface area (Å²) in [5.74, 6) is -0.895. The molecule has 0 unspecified atom stereocenters. The number of hydrogen-bond acceptors (Lipinski definition) is 1. The second-order valence-corrected chi connectivity index (χ2v) is 5.86. The maximum Gasteiger partial charge on any atom is 0.352 e. The number of halogens is 2. The molecule has 0 aliphatic heterocycles. The lowest BCUT2D eigenvalue weighted by Gasteiger charge is -2.11. The number of benzene rings is 1. The van der Waals surface area contributed by atoms with Crippen molar-refractivity contribution in [1.82, 2.24) is 4.57 Å². The van der Waals surface area contributed by atoms with Crippen molar-refractivity contribution < 1.29 is 9.90 Å². The maximum absolute atomic E-state index is 11.1. The van der Waals surface area contributed by atoms with E-state index in [1.807, 2.05) is 35.8 Å². The predicted octanol–water partition coefficient (Wildman–Crippen LogP) is 4.24. The van der Waals surface area contributed by atoms with Crippen LogP contribution < -0.4 is 0 Å². The lowest BCUT2D eigenvalue weighted by molar-refractivity contribution is 0.0685. The zero-order valence-electron chi connectivity index (χ0n) is 9.65. The number of carboxylic acid groups (broad SMARTS) is 1. The van der Waals surface area contributed by atoms with E-state index in [4.69, 9.17) is 5.11 Å². The SMILES string of the molecule is CCn1c(C(=O)O)ccc1-c1cc(Br)ccc1I. The minimum atomic E-state index is -0.895. The second kappa shape index (κ2) is 5.44. The van der Waals surface area contributed by atoms with Gasteiger partial charge in [-0.1, -0.05) is 15.9 Å². The fraction of sp³-hybridized carbons (Fsp3) is 0.154. The van der Waals surface area contributed by atoms with E-state index in [2.05, 4.69) is 38.5 Å². The van der Waals surface area contributed by atoms with Gasteiger partial charge in [-0.2, -0.15) is 0 Å².